The lowest BCUT2D eigenvalue weighted by Crippen LogP contribution is -2.22. The molecule has 6 nitrogen and oxygen atoms in total. The number of rotatable bonds is 5. The summed E-state index contributed by atoms with van der Waals surface area (Å²) in [6.45, 7) is 5.27. The van der Waals surface area contributed by atoms with Crippen molar-refractivity contribution in [3.63, 3.8) is 0 Å². The second-order valence-electron chi connectivity index (χ2n) is 4.09. The van der Waals surface area contributed by atoms with Crippen LogP contribution in [0.25, 0.3) is 0 Å². The number of aliphatic hydroxyl groups excluding tert-OH is 2. The summed E-state index contributed by atoms with van der Waals surface area (Å²) in [7, 11) is -3.85. The molecule has 7 heteroatoms. The van der Waals surface area contributed by atoms with E-state index >= 15 is 0 Å². The Hall–Kier alpha value is -1.41. The molecule has 0 bridgehead atoms. The Morgan fingerprint density at radius 3 is 2.25 bits per heavy atom. The van der Waals surface area contributed by atoms with Gasteiger partial charge < -0.3 is 15.3 Å². The summed E-state index contributed by atoms with van der Waals surface area (Å²) in [5.41, 5.74) is 0.939. The Bertz CT molecular complexity index is 502. The van der Waals surface area contributed by atoms with E-state index in [1.165, 1.54) is 19.1 Å². The van der Waals surface area contributed by atoms with Crippen LogP contribution in [-0.4, -0.2) is 37.9 Å². The number of aryl methyl sites for hydroxylation is 1. The van der Waals surface area contributed by atoms with Gasteiger partial charge in [0.1, 0.15) is 6.10 Å². The van der Waals surface area contributed by atoms with Crippen molar-refractivity contribution in [2.45, 2.75) is 24.8 Å². The van der Waals surface area contributed by atoms with Gasteiger partial charge in [0, 0.05) is 0 Å². The Kier molecular flexibility index (Phi) is 8.09. The van der Waals surface area contributed by atoms with Crippen LogP contribution in [-0.2, 0) is 14.3 Å². The molecule has 0 amide bonds. The molecule has 20 heavy (non-hydrogen) atoms. The number of hydrogen-bond donors (Lipinski definition) is 2. The molecule has 1 atom stereocenters. The first-order valence-electron chi connectivity index (χ1n) is 5.76. The molecule has 2 N–H and O–H groups in total. The third-order valence-corrected chi connectivity index (χ3v) is 3.23. The quantitative estimate of drug-likeness (QED) is 0.582. The average molecular weight is 303 g/mol. The average Bonchev–Trinajstić information content (AvgIpc) is 2.36. The van der Waals surface area contributed by atoms with E-state index in [1.807, 2.05) is 6.92 Å². The lowest BCUT2D eigenvalue weighted by atomic mass is 10.2. The van der Waals surface area contributed by atoms with Crippen molar-refractivity contribution >= 4 is 10.1 Å². The van der Waals surface area contributed by atoms with E-state index in [9.17, 15) is 13.5 Å². The molecule has 114 valence electrons. The second kappa shape index (κ2) is 8.70. The van der Waals surface area contributed by atoms with E-state index in [2.05, 4.69) is 10.8 Å². The van der Waals surface area contributed by atoms with E-state index in [0.717, 1.165) is 5.56 Å². The molecule has 1 aromatic carbocycles. The lowest BCUT2D eigenvalue weighted by molar-refractivity contribution is -0.300. The fourth-order valence-electron chi connectivity index (χ4n) is 0.994. The fraction of sp³-hybridized carbons (Fsp3) is 0.385. The maximum Gasteiger partial charge on any atom is 0.297 e. The van der Waals surface area contributed by atoms with Crippen LogP contribution in [0, 0.1) is 6.92 Å². The van der Waals surface area contributed by atoms with Gasteiger partial charge in [0.25, 0.3) is 10.1 Å². The SMILES string of the molecule is C=C(C)[O-].Cc1ccc(S(=O)(=O)OCC(O)CO)cc1. The summed E-state index contributed by atoms with van der Waals surface area (Å²) in [6, 6.07) is 6.16. The predicted octanol–water partition coefficient (Wildman–Crippen LogP) is -0.0662. The van der Waals surface area contributed by atoms with E-state index < -0.39 is 29.4 Å². The summed E-state index contributed by atoms with van der Waals surface area (Å²) in [5, 5.41) is 26.8. The van der Waals surface area contributed by atoms with Gasteiger partial charge in [-0.2, -0.15) is 8.42 Å². The molecule has 0 aliphatic rings. The number of hydrogen-bond acceptors (Lipinski definition) is 6. The van der Waals surface area contributed by atoms with Crippen LogP contribution in [0.2, 0.25) is 0 Å². The van der Waals surface area contributed by atoms with Gasteiger partial charge in [0.15, 0.2) is 0 Å². The molecule has 0 aliphatic carbocycles. The highest BCUT2D eigenvalue weighted by atomic mass is 32.2. The molecule has 0 spiro atoms. The number of aliphatic hydroxyl groups is 2. The molecule has 1 rings (SSSR count). The van der Waals surface area contributed by atoms with Crippen LogP contribution in [0.15, 0.2) is 41.5 Å². The fourth-order valence-corrected chi connectivity index (χ4v) is 1.94. The van der Waals surface area contributed by atoms with E-state index in [0.29, 0.717) is 0 Å². The minimum Gasteiger partial charge on any atom is -0.876 e. The van der Waals surface area contributed by atoms with E-state index in [1.54, 1.807) is 12.1 Å². The zero-order chi connectivity index (χ0) is 15.8. The summed E-state index contributed by atoms with van der Waals surface area (Å²) in [5.74, 6) is -0.0833. The van der Waals surface area contributed by atoms with Gasteiger partial charge in [-0.15, -0.1) is 12.3 Å². The summed E-state index contributed by atoms with van der Waals surface area (Å²) in [4.78, 5) is 0.0308. The Labute approximate surface area is 119 Å². The summed E-state index contributed by atoms with van der Waals surface area (Å²) >= 11 is 0. The van der Waals surface area contributed by atoms with Gasteiger partial charge in [-0.1, -0.05) is 24.6 Å². The second-order valence-corrected chi connectivity index (χ2v) is 5.71. The summed E-state index contributed by atoms with van der Waals surface area (Å²) in [6.07, 6.45) is -1.19. The van der Waals surface area contributed by atoms with Crippen molar-refractivity contribution in [2.75, 3.05) is 13.2 Å². The first-order chi connectivity index (χ1) is 9.19. The molecule has 0 fully saturated rings. The van der Waals surface area contributed by atoms with Gasteiger partial charge in [-0.3, -0.25) is 4.18 Å². The van der Waals surface area contributed by atoms with Gasteiger partial charge in [0.2, 0.25) is 0 Å². The maximum absolute atomic E-state index is 11.5. The molecule has 0 aliphatic heterocycles. The monoisotopic (exact) mass is 303 g/mol. The predicted molar refractivity (Wildman–Crippen MR) is 72.2 cm³/mol. The zero-order valence-electron chi connectivity index (χ0n) is 11.4. The van der Waals surface area contributed by atoms with Gasteiger partial charge in [-0.05, 0) is 19.1 Å². The zero-order valence-corrected chi connectivity index (χ0v) is 12.3. The van der Waals surface area contributed by atoms with Crippen molar-refractivity contribution in [3.8, 4) is 0 Å². The van der Waals surface area contributed by atoms with Gasteiger partial charge in [0.05, 0.1) is 18.1 Å². The highest BCUT2D eigenvalue weighted by Gasteiger charge is 2.16. The van der Waals surface area contributed by atoms with Gasteiger partial charge >= 0.3 is 0 Å². The summed E-state index contributed by atoms with van der Waals surface area (Å²) < 4.78 is 27.7. The number of benzene rings is 1. The lowest BCUT2D eigenvalue weighted by Gasteiger charge is -2.08. The third-order valence-electron chi connectivity index (χ3n) is 1.94. The molecule has 0 heterocycles. The minimum atomic E-state index is -3.85. The maximum atomic E-state index is 11.5. The normalized spacial score (nSPS) is 12.2. The molecule has 0 saturated heterocycles. The standard InChI is InChI=1S/C10H14O5S.C3H6O/c1-8-2-4-10(5-3-8)16(13,14)15-7-9(12)6-11;1-3(2)4/h2-5,9,11-12H,6-7H2,1H3;4H,1H2,2H3/p-1. The smallest absolute Gasteiger partial charge is 0.297 e. The van der Waals surface area contributed by atoms with E-state index in [-0.39, 0.29) is 10.7 Å². The van der Waals surface area contributed by atoms with Crippen LogP contribution in [0.5, 0.6) is 0 Å². The molecule has 0 aromatic heterocycles. The Balaban J connectivity index is 0.000000796. The molecule has 0 saturated carbocycles. The highest BCUT2D eigenvalue weighted by molar-refractivity contribution is 7.86. The van der Waals surface area contributed by atoms with Crippen LogP contribution in [0.1, 0.15) is 12.5 Å². The van der Waals surface area contributed by atoms with Crippen molar-refractivity contribution in [1.82, 2.24) is 0 Å². The Morgan fingerprint density at radius 2 is 1.85 bits per heavy atom. The van der Waals surface area contributed by atoms with Crippen molar-refractivity contribution in [2.24, 2.45) is 0 Å². The molecule has 1 aromatic rings. The molecule has 0 radical (unpaired) electrons. The highest BCUT2D eigenvalue weighted by Crippen LogP contribution is 2.13. The molecule has 1 unspecified atom stereocenters. The van der Waals surface area contributed by atoms with E-state index in [4.69, 9.17) is 10.2 Å². The first kappa shape index (κ1) is 18.6. The minimum absolute atomic E-state index is 0.0308. The van der Waals surface area contributed by atoms with Gasteiger partial charge in [-0.25, -0.2) is 0 Å². The Morgan fingerprint density at radius 1 is 1.40 bits per heavy atom. The van der Waals surface area contributed by atoms with Crippen LogP contribution < -0.4 is 5.11 Å². The molecular formula is C13H19O6S-. The van der Waals surface area contributed by atoms with Crippen molar-refractivity contribution in [1.29, 1.82) is 0 Å². The topological polar surface area (TPSA) is 107 Å². The first-order valence-corrected chi connectivity index (χ1v) is 7.17. The third kappa shape index (κ3) is 7.90. The van der Waals surface area contributed by atoms with Crippen molar-refractivity contribution in [3.05, 3.63) is 42.2 Å². The van der Waals surface area contributed by atoms with Crippen molar-refractivity contribution < 1.29 is 27.9 Å². The largest absolute Gasteiger partial charge is 0.876 e. The molecular weight excluding hydrogens is 284 g/mol. The van der Waals surface area contributed by atoms with Crippen LogP contribution >= 0.6 is 0 Å². The van der Waals surface area contributed by atoms with Crippen LogP contribution in [0.3, 0.4) is 0 Å². The van der Waals surface area contributed by atoms with Crippen LogP contribution in [0.4, 0.5) is 0 Å². The number of allylic oxidation sites excluding steroid dienone is 1.